The molecule has 2 saturated heterocycles. The molecule has 0 aliphatic carbocycles. The molecule has 0 radical (unpaired) electrons. The molecule has 104 valence electrons. The summed E-state index contributed by atoms with van der Waals surface area (Å²) in [5.74, 6) is 0. The topological polar surface area (TPSA) is 136 Å². The minimum absolute atomic E-state index is 0.116. The van der Waals surface area contributed by atoms with Crippen LogP contribution in [0.3, 0.4) is 0 Å². The van der Waals surface area contributed by atoms with Crippen molar-refractivity contribution in [3.63, 3.8) is 0 Å². The Bertz CT molecular complexity index is 327. The van der Waals surface area contributed by atoms with Crippen LogP contribution in [0.5, 0.6) is 0 Å². The molecule has 2 heterocycles. The minimum atomic E-state index is -1.41. The second kappa shape index (κ2) is 4.98. The van der Waals surface area contributed by atoms with Crippen molar-refractivity contribution < 1.29 is 30.0 Å². The summed E-state index contributed by atoms with van der Waals surface area (Å²) < 4.78 is 5.02. The molecule has 8 nitrogen and oxygen atoms in total. The molecule has 2 rings (SSSR count). The Kier molecular flexibility index (Phi) is 3.74. The number of amides is 1. The molecule has 2 fully saturated rings. The molecule has 0 saturated carbocycles. The Morgan fingerprint density at radius 1 is 1.28 bits per heavy atom. The van der Waals surface area contributed by atoms with Crippen LogP contribution in [0.1, 0.15) is 6.42 Å². The number of carbonyl (C=O) groups excluding carboxylic acids is 1. The highest BCUT2D eigenvalue weighted by molar-refractivity contribution is 5.70. The summed E-state index contributed by atoms with van der Waals surface area (Å²) in [7, 11) is 0. The molecule has 1 amide bonds. The predicted octanol–water partition coefficient (Wildman–Crippen LogP) is -3.02. The molecule has 2 aliphatic heterocycles. The van der Waals surface area contributed by atoms with Crippen molar-refractivity contribution in [2.45, 2.75) is 42.9 Å². The molecule has 2 aliphatic rings. The van der Waals surface area contributed by atoms with E-state index in [9.17, 15) is 25.2 Å². The van der Waals surface area contributed by atoms with Crippen LogP contribution in [0.2, 0.25) is 0 Å². The highest BCUT2D eigenvalue weighted by Gasteiger charge is 2.52. The van der Waals surface area contributed by atoms with Crippen molar-refractivity contribution in [2.75, 3.05) is 13.2 Å². The van der Waals surface area contributed by atoms with E-state index in [1.54, 1.807) is 0 Å². The van der Waals surface area contributed by atoms with Crippen molar-refractivity contribution in [3.05, 3.63) is 0 Å². The fourth-order valence-electron chi connectivity index (χ4n) is 2.62. The number of fused-ring (bicyclic) bond motifs is 1. The van der Waals surface area contributed by atoms with Gasteiger partial charge in [0, 0.05) is 13.0 Å². The van der Waals surface area contributed by atoms with E-state index < -0.39 is 49.2 Å². The molecule has 0 aromatic heterocycles. The number of ether oxygens (including phenoxy) is 1. The molecular formula is C10H18N2O6. The molecule has 0 aromatic carbocycles. The summed E-state index contributed by atoms with van der Waals surface area (Å²) in [6.45, 7) is -0.408. The van der Waals surface area contributed by atoms with Crippen LogP contribution < -0.4 is 5.73 Å². The van der Waals surface area contributed by atoms with E-state index in [-0.39, 0.29) is 13.0 Å². The lowest BCUT2D eigenvalue weighted by Gasteiger charge is -2.51. The van der Waals surface area contributed by atoms with Gasteiger partial charge in [-0.05, 0) is 0 Å². The Morgan fingerprint density at radius 3 is 2.50 bits per heavy atom. The van der Waals surface area contributed by atoms with E-state index in [1.165, 1.54) is 0 Å². The first-order valence-corrected chi connectivity index (χ1v) is 5.85. The van der Waals surface area contributed by atoms with Crippen molar-refractivity contribution in [1.82, 2.24) is 4.90 Å². The number of aliphatic hydroxyl groups excluding tert-OH is 4. The lowest BCUT2D eigenvalue weighted by atomic mass is 9.85. The molecule has 0 spiro atoms. The number of aliphatic hydroxyl groups is 4. The van der Waals surface area contributed by atoms with Crippen molar-refractivity contribution >= 4 is 6.09 Å². The van der Waals surface area contributed by atoms with Crippen LogP contribution in [-0.4, -0.2) is 81.1 Å². The van der Waals surface area contributed by atoms with Gasteiger partial charge in [-0.2, -0.15) is 0 Å². The van der Waals surface area contributed by atoms with Gasteiger partial charge < -0.3 is 30.9 Å². The number of nitrogens with two attached hydrogens (primary N) is 1. The summed E-state index contributed by atoms with van der Waals surface area (Å²) in [4.78, 5) is 12.9. The second-order valence-corrected chi connectivity index (χ2v) is 4.67. The molecule has 0 bridgehead atoms. The van der Waals surface area contributed by atoms with Crippen molar-refractivity contribution in [2.24, 2.45) is 5.73 Å². The first-order valence-electron chi connectivity index (χ1n) is 5.85. The van der Waals surface area contributed by atoms with Gasteiger partial charge in [-0.1, -0.05) is 0 Å². The zero-order valence-electron chi connectivity index (χ0n) is 9.72. The first kappa shape index (κ1) is 13.5. The Morgan fingerprint density at radius 2 is 1.94 bits per heavy atom. The summed E-state index contributed by atoms with van der Waals surface area (Å²) in [6.07, 6.45) is -5.13. The fourth-order valence-corrected chi connectivity index (χ4v) is 2.62. The van der Waals surface area contributed by atoms with Crippen LogP contribution in [0.15, 0.2) is 0 Å². The van der Waals surface area contributed by atoms with Gasteiger partial charge >= 0.3 is 6.09 Å². The molecular weight excluding hydrogens is 244 g/mol. The summed E-state index contributed by atoms with van der Waals surface area (Å²) >= 11 is 0. The van der Waals surface area contributed by atoms with Crippen molar-refractivity contribution in [3.8, 4) is 0 Å². The van der Waals surface area contributed by atoms with Gasteiger partial charge in [-0.3, -0.25) is 4.90 Å². The van der Waals surface area contributed by atoms with E-state index in [4.69, 9.17) is 10.5 Å². The lowest BCUT2D eigenvalue weighted by molar-refractivity contribution is -0.180. The largest absolute Gasteiger partial charge is 0.445 e. The molecule has 6 atom stereocenters. The van der Waals surface area contributed by atoms with E-state index >= 15 is 0 Å². The van der Waals surface area contributed by atoms with Crippen LogP contribution in [0.25, 0.3) is 0 Å². The molecule has 0 aromatic rings. The van der Waals surface area contributed by atoms with E-state index in [0.717, 1.165) is 4.90 Å². The quantitative estimate of drug-likeness (QED) is 0.357. The fraction of sp³-hybridized carbons (Fsp3) is 0.900. The Hall–Kier alpha value is -0.930. The average Bonchev–Trinajstić information content (AvgIpc) is 2.37. The van der Waals surface area contributed by atoms with Crippen LogP contribution >= 0.6 is 0 Å². The molecule has 0 unspecified atom stereocenters. The van der Waals surface area contributed by atoms with Crippen molar-refractivity contribution in [1.29, 1.82) is 0 Å². The maximum atomic E-state index is 11.8. The maximum absolute atomic E-state index is 11.8. The molecule has 8 heteroatoms. The number of nitrogens with zero attached hydrogens (tertiary/aromatic N) is 1. The summed E-state index contributed by atoms with van der Waals surface area (Å²) in [5.41, 5.74) is 5.42. The maximum Gasteiger partial charge on any atom is 0.410 e. The normalized spacial score (nSPS) is 44.5. The SMILES string of the molecule is NC[C@@H]1C[C@@H]2[C@H](O)[C@@H](O)[C@H](O)[C@@H](CO)N2C(=O)O1. The van der Waals surface area contributed by atoms with Crippen LogP contribution in [0.4, 0.5) is 4.79 Å². The van der Waals surface area contributed by atoms with Gasteiger partial charge in [0.25, 0.3) is 0 Å². The van der Waals surface area contributed by atoms with Gasteiger partial charge in [0.05, 0.1) is 18.7 Å². The van der Waals surface area contributed by atoms with E-state index in [0.29, 0.717) is 0 Å². The highest BCUT2D eigenvalue weighted by atomic mass is 16.6. The summed E-state index contributed by atoms with van der Waals surface area (Å²) in [6, 6.07) is -1.70. The zero-order chi connectivity index (χ0) is 13.4. The second-order valence-electron chi connectivity index (χ2n) is 4.67. The third-order valence-corrected chi connectivity index (χ3v) is 3.64. The van der Waals surface area contributed by atoms with Gasteiger partial charge in [-0.25, -0.2) is 4.79 Å². The number of rotatable bonds is 2. The van der Waals surface area contributed by atoms with Gasteiger partial charge in [-0.15, -0.1) is 0 Å². The predicted molar refractivity (Wildman–Crippen MR) is 58.5 cm³/mol. The van der Waals surface area contributed by atoms with Gasteiger partial charge in [0.15, 0.2) is 0 Å². The minimum Gasteiger partial charge on any atom is -0.445 e. The van der Waals surface area contributed by atoms with Crippen LogP contribution in [0, 0.1) is 0 Å². The number of cyclic esters (lactones) is 1. The van der Waals surface area contributed by atoms with Crippen LogP contribution in [-0.2, 0) is 4.74 Å². The zero-order valence-corrected chi connectivity index (χ0v) is 9.72. The number of hydrogen-bond donors (Lipinski definition) is 5. The smallest absolute Gasteiger partial charge is 0.410 e. The average molecular weight is 262 g/mol. The standard InChI is InChI=1S/C10H18N2O6/c11-2-4-1-5-7(14)9(16)8(15)6(3-13)12(5)10(17)18-4/h4-9,13-16H,1-3,11H2/t4-,5+,6+,7-,8+,9+/m0/s1. The third-order valence-electron chi connectivity index (χ3n) is 3.64. The number of carbonyl (C=O) groups is 1. The highest BCUT2D eigenvalue weighted by Crippen LogP contribution is 2.31. The first-order chi connectivity index (χ1) is 8.51. The number of piperidine rings is 1. The Balaban J connectivity index is 2.27. The lowest BCUT2D eigenvalue weighted by Crippen LogP contribution is -2.71. The third kappa shape index (κ3) is 1.95. The van der Waals surface area contributed by atoms with Gasteiger partial charge in [0.1, 0.15) is 24.4 Å². The summed E-state index contributed by atoms with van der Waals surface area (Å²) in [5, 5.41) is 38.6. The van der Waals surface area contributed by atoms with Gasteiger partial charge in [0.2, 0.25) is 0 Å². The number of hydrogen-bond acceptors (Lipinski definition) is 7. The van der Waals surface area contributed by atoms with E-state index in [1.807, 2.05) is 0 Å². The molecule has 6 N–H and O–H groups in total. The van der Waals surface area contributed by atoms with E-state index in [2.05, 4.69) is 0 Å². The molecule has 18 heavy (non-hydrogen) atoms. The Labute approximate surface area is 104 Å². The monoisotopic (exact) mass is 262 g/mol.